The summed E-state index contributed by atoms with van der Waals surface area (Å²) in [5.74, 6) is 0.326. The van der Waals surface area contributed by atoms with Crippen LogP contribution in [-0.4, -0.2) is 56.4 Å². The summed E-state index contributed by atoms with van der Waals surface area (Å²) in [5, 5.41) is 14.7. The van der Waals surface area contributed by atoms with Gasteiger partial charge in [-0.2, -0.15) is 0 Å². The summed E-state index contributed by atoms with van der Waals surface area (Å²) in [5.41, 5.74) is 4.24. The summed E-state index contributed by atoms with van der Waals surface area (Å²) in [6.07, 6.45) is 2.08. The highest BCUT2D eigenvalue weighted by atomic mass is 16.5. The molecular weight excluding hydrogens is 426 g/mol. The van der Waals surface area contributed by atoms with Crippen molar-refractivity contribution < 1.29 is 14.7 Å². The molecule has 3 aromatic rings. The lowest BCUT2D eigenvalue weighted by atomic mass is 9.93. The molecule has 0 aliphatic heterocycles. The van der Waals surface area contributed by atoms with Gasteiger partial charge >= 0.3 is 0 Å². The van der Waals surface area contributed by atoms with Crippen molar-refractivity contribution in [3.63, 3.8) is 0 Å². The van der Waals surface area contributed by atoms with Crippen molar-refractivity contribution >= 4 is 22.8 Å². The summed E-state index contributed by atoms with van der Waals surface area (Å²) in [4.78, 5) is 13.8. The molecular formula is C28H35N3O3. The molecule has 0 unspecified atom stereocenters. The average Bonchev–Trinajstić information content (AvgIpc) is 2.81. The van der Waals surface area contributed by atoms with E-state index in [0.717, 1.165) is 40.7 Å². The van der Waals surface area contributed by atoms with E-state index in [9.17, 15) is 4.79 Å². The Bertz CT molecular complexity index is 1120. The number of nitrogens with one attached hydrogen (secondary N) is 2. The molecule has 34 heavy (non-hydrogen) atoms. The lowest BCUT2D eigenvalue weighted by Gasteiger charge is -2.28. The summed E-state index contributed by atoms with van der Waals surface area (Å²) in [6.45, 7) is 7.47. The van der Waals surface area contributed by atoms with Gasteiger partial charge < -0.3 is 15.0 Å². The molecule has 0 aliphatic carbocycles. The Morgan fingerprint density at radius 3 is 2.44 bits per heavy atom. The van der Waals surface area contributed by atoms with Crippen LogP contribution in [0.4, 0.5) is 0 Å². The standard InChI is InChI=1S/C28H35N3O3/c1-28(2,20-31(3)4)19-29-17-22(16-21-12-14-24(15-13-21)27(32)30-33)18-34-26-11-7-9-23-8-5-6-10-25(23)26/h5-16,29,33H,17-20H2,1-4H3,(H,30,32). The number of hydrogen-bond acceptors (Lipinski definition) is 5. The van der Waals surface area contributed by atoms with Gasteiger partial charge in [0.25, 0.3) is 5.91 Å². The van der Waals surface area contributed by atoms with Crippen LogP contribution in [0, 0.1) is 5.41 Å². The molecule has 1 amide bonds. The molecule has 0 radical (unpaired) electrons. The first-order valence-corrected chi connectivity index (χ1v) is 11.5. The molecule has 0 aliphatic rings. The van der Waals surface area contributed by atoms with E-state index in [1.165, 1.54) is 0 Å². The van der Waals surface area contributed by atoms with Crippen molar-refractivity contribution in [2.45, 2.75) is 13.8 Å². The number of nitrogens with zero attached hydrogens (tertiary/aromatic N) is 1. The quantitative estimate of drug-likeness (QED) is 0.288. The first-order chi connectivity index (χ1) is 16.3. The fraction of sp³-hybridized carbons (Fsp3) is 0.321. The molecule has 0 bridgehead atoms. The van der Waals surface area contributed by atoms with Gasteiger partial charge in [0.15, 0.2) is 0 Å². The van der Waals surface area contributed by atoms with Crippen molar-refractivity contribution in [2.24, 2.45) is 5.41 Å². The molecule has 6 heteroatoms. The number of hydroxylamine groups is 1. The summed E-state index contributed by atoms with van der Waals surface area (Å²) < 4.78 is 6.27. The number of amides is 1. The Morgan fingerprint density at radius 2 is 1.74 bits per heavy atom. The molecule has 0 spiro atoms. The van der Waals surface area contributed by atoms with Crippen molar-refractivity contribution in [3.05, 3.63) is 83.4 Å². The number of benzene rings is 3. The van der Waals surface area contributed by atoms with Gasteiger partial charge in [0.05, 0.1) is 0 Å². The van der Waals surface area contributed by atoms with E-state index in [1.54, 1.807) is 17.6 Å². The Morgan fingerprint density at radius 1 is 1.03 bits per heavy atom. The second-order valence-corrected chi connectivity index (χ2v) is 9.64. The predicted molar refractivity (Wildman–Crippen MR) is 138 cm³/mol. The second kappa shape index (κ2) is 11.8. The minimum atomic E-state index is -0.528. The normalized spacial score (nSPS) is 12.2. The maximum atomic E-state index is 11.6. The minimum absolute atomic E-state index is 0.129. The van der Waals surface area contributed by atoms with Gasteiger partial charge in [0.2, 0.25) is 0 Å². The first kappa shape index (κ1) is 25.4. The van der Waals surface area contributed by atoms with Crippen molar-refractivity contribution in [2.75, 3.05) is 40.3 Å². The molecule has 6 nitrogen and oxygen atoms in total. The third-order valence-electron chi connectivity index (χ3n) is 5.51. The van der Waals surface area contributed by atoms with Gasteiger partial charge in [-0.1, -0.05) is 68.5 Å². The summed E-state index contributed by atoms with van der Waals surface area (Å²) in [7, 11) is 4.18. The third-order valence-corrected chi connectivity index (χ3v) is 5.51. The number of rotatable bonds is 11. The van der Waals surface area contributed by atoms with Gasteiger partial charge in [-0.15, -0.1) is 0 Å². The predicted octanol–water partition coefficient (Wildman–Crippen LogP) is 4.60. The Balaban J connectivity index is 1.76. The van der Waals surface area contributed by atoms with Crippen LogP contribution in [0.3, 0.4) is 0 Å². The Kier molecular flexibility index (Phi) is 8.82. The van der Waals surface area contributed by atoms with E-state index in [0.29, 0.717) is 18.7 Å². The van der Waals surface area contributed by atoms with Gasteiger partial charge in [-0.25, -0.2) is 5.48 Å². The van der Waals surface area contributed by atoms with E-state index in [1.807, 2.05) is 36.4 Å². The van der Waals surface area contributed by atoms with Gasteiger partial charge in [-0.3, -0.25) is 10.0 Å². The van der Waals surface area contributed by atoms with Crippen LogP contribution >= 0.6 is 0 Å². The van der Waals surface area contributed by atoms with E-state index >= 15 is 0 Å². The largest absolute Gasteiger partial charge is 0.489 e. The molecule has 0 saturated carbocycles. The zero-order valence-electron chi connectivity index (χ0n) is 20.5. The van der Waals surface area contributed by atoms with Gasteiger partial charge in [0, 0.05) is 30.6 Å². The van der Waals surface area contributed by atoms with Crippen molar-refractivity contribution in [1.82, 2.24) is 15.7 Å². The summed E-state index contributed by atoms with van der Waals surface area (Å²) in [6, 6.07) is 21.4. The molecule has 180 valence electrons. The van der Waals surface area contributed by atoms with Crippen LogP contribution in [0.15, 0.2) is 72.3 Å². The smallest absolute Gasteiger partial charge is 0.274 e. The number of hydrogen-bond donors (Lipinski definition) is 3. The molecule has 0 fully saturated rings. The molecule has 3 rings (SSSR count). The van der Waals surface area contributed by atoms with Crippen molar-refractivity contribution in [3.8, 4) is 5.75 Å². The van der Waals surface area contributed by atoms with Crippen LogP contribution in [0.5, 0.6) is 5.75 Å². The molecule has 0 atom stereocenters. The maximum Gasteiger partial charge on any atom is 0.274 e. The fourth-order valence-corrected chi connectivity index (χ4v) is 4.14. The topological polar surface area (TPSA) is 73.8 Å². The highest BCUT2D eigenvalue weighted by Crippen LogP contribution is 2.25. The minimum Gasteiger partial charge on any atom is -0.489 e. The monoisotopic (exact) mass is 461 g/mol. The van der Waals surface area contributed by atoms with Gasteiger partial charge in [-0.05, 0) is 54.2 Å². The second-order valence-electron chi connectivity index (χ2n) is 9.64. The maximum absolute atomic E-state index is 11.6. The highest BCUT2D eigenvalue weighted by Gasteiger charge is 2.18. The average molecular weight is 462 g/mol. The highest BCUT2D eigenvalue weighted by molar-refractivity contribution is 5.93. The SMILES string of the molecule is CN(C)CC(C)(C)CNCC(=Cc1ccc(C(=O)NO)cc1)COc1cccc2ccccc12. The number of carbonyl (C=O) groups excluding carboxylic acids is 1. The van der Waals surface area contributed by atoms with E-state index < -0.39 is 5.91 Å². The molecule has 0 aromatic heterocycles. The van der Waals surface area contributed by atoms with Crippen LogP contribution in [0.1, 0.15) is 29.8 Å². The molecule has 3 aromatic carbocycles. The third kappa shape index (κ3) is 7.42. The van der Waals surface area contributed by atoms with E-state index in [-0.39, 0.29) is 5.41 Å². The van der Waals surface area contributed by atoms with Crippen LogP contribution in [-0.2, 0) is 0 Å². The summed E-state index contributed by atoms with van der Waals surface area (Å²) >= 11 is 0. The van der Waals surface area contributed by atoms with Gasteiger partial charge in [0.1, 0.15) is 12.4 Å². The Labute approximate surface area is 202 Å². The lowest BCUT2D eigenvalue weighted by Crippen LogP contribution is -2.38. The molecule has 0 heterocycles. The van der Waals surface area contributed by atoms with E-state index in [2.05, 4.69) is 62.4 Å². The number of carbonyl (C=O) groups is 1. The lowest BCUT2D eigenvalue weighted by molar-refractivity contribution is 0.0706. The van der Waals surface area contributed by atoms with Crippen LogP contribution in [0.2, 0.25) is 0 Å². The van der Waals surface area contributed by atoms with Crippen molar-refractivity contribution in [1.29, 1.82) is 0 Å². The fourth-order valence-electron chi connectivity index (χ4n) is 4.14. The van der Waals surface area contributed by atoms with Crippen LogP contribution < -0.4 is 15.5 Å². The zero-order valence-corrected chi connectivity index (χ0v) is 20.5. The zero-order chi connectivity index (χ0) is 24.6. The Hall–Kier alpha value is -3.19. The van der Waals surface area contributed by atoms with Crippen LogP contribution in [0.25, 0.3) is 16.8 Å². The number of fused-ring (bicyclic) bond motifs is 1. The molecule has 3 N–H and O–H groups in total. The number of ether oxygens (including phenoxy) is 1. The molecule has 0 saturated heterocycles. The first-order valence-electron chi connectivity index (χ1n) is 11.5. The van der Waals surface area contributed by atoms with E-state index in [4.69, 9.17) is 9.94 Å².